The van der Waals surface area contributed by atoms with Crippen LogP contribution in [0.3, 0.4) is 0 Å². The van der Waals surface area contributed by atoms with E-state index in [-0.39, 0.29) is 12.1 Å². The molecule has 1 fully saturated rings. The normalized spacial score (nSPS) is 15.7. The van der Waals surface area contributed by atoms with Crippen molar-refractivity contribution in [2.24, 2.45) is 0 Å². The first kappa shape index (κ1) is 18.1. The molecule has 0 radical (unpaired) electrons. The molecule has 1 atom stereocenters. The number of carbonyl (C=O) groups is 2. The van der Waals surface area contributed by atoms with Gasteiger partial charge in [-0.05, 0) is 45.0 Å². The highest BCUT2D eigenvalue weighted by Crippen LogP contribution is 2.24. The molecule has 8 nitrogen and oxygen atoms in total. The number of nitrogens with one attached hydrogen (secondary N) is 3. The molecule has 3 N–H and O–H groups in total. The Labute approximate surface area is 141 Å². The van der Waals surface area contributed by atoms with Crippen molar-refractivity contribution in [2.75, 3.05) is 39.3 Å². The van der Waals surface area contributed by atoms with Gasteiger partial charge in [-0.1, -0.05) is 0 Å². The van der Waals surface area contributed by atoms with Crippen LogP contribution in [0, 0.1) is 0 Å². The van der Waals surface area contributed by atoms with Gasteiger partial charge in [-0.2, -0.15) is 0 Å². The lowest BCUT2D eigenvalue weighted by Gasteiger charge is -2.26. The molecule has 1 aromatic rings. The van der Waals surface area contributed by atoms with Crippen LogP contribution in [0.25, 0.3) is 0 Å². The Morgan fingerprint density at radius 2 is 2.00 bits per heavy atom. The first-order valence-electron chi connectivity index (χ1n) is 8.40. The van der Waals surface area contributed by atoms with Gasteiger partial charge in [-0.15, -0.1) is 0 Å². The molecule has 1 aromatic heterocycles. The highest BCUT2D eigenvalue weighted by Gasteiger charge is 2.25. The second-order valence-electron chi connectivity index (χ2n) is 5.56. The summed E-state index contributed by atoms with van der Waals surface area (Å²) in [4.78, 5) is 25.3. The fourth-order valence-corrected chi connectivity index (χ4v) is 2.72. The first-order valence-corrected chi connectivity index (χ1v) is 8.40. The first-order chi connectivity index (χ1) is 11.7. The summed E-state index contributed by atoms with van der Waals surface area (Å²) >= 11 is 0. The Bertz CT molecular complexity index is 500. The van der Waals surface area contributed by atoms with E-state index in [1.54, 1.807) is 13.2 Å². The minimum absolute atomic E-state index is 0.0471. The second kappa shape index (κ2) is 9.82. The maximum absolute atomic E-state index is 11.9. The molecular formula is C16H26N4O4. The maximum Gasteiger partial charge on any atom is 0.407 e. The number of furan rings is 1. The van der Waals surface area contributed by atoms with Crippen LogP contribution >= 0.6 is 0 Å². The van der Waals surface area contributed by atoms with Crippen LogP contribution in [-0.2, 0) is 4.74 Å². The van der Waals surface area contributed by atoms with Gasteiger partial charge in [0.15, 0.2) is 0 Å². The lowest BCUT2D eigenvalue weighted by atomic mass is 10.2. The van der Waals surface area contributed by atoms with Crippen molar-refractivity contribution in [2.45, 2.75) is 25.8 Å². The monoisotopic (exact) mass is 338 g/mol. The van der Waals surface area contributed by atoms with Gasteiger partial charge in [0.2, 0.25) is 0 Å². The molecule has 1 unspecified atom stereocenters. The van der Waals surface area contributed by atoms with Crippen molar-refractivity contribution < 1.29 is 18.7 Å². The summed E-state index contributed by atoms with van der Waals surface area (Å²) in [6, 6.07) is 3.58. The van der Waals surface area contributed by atoms with Gasteiger partial charge in [0.1, 0.15) is 5.76 Å². The quantitative estimate of drug-likeness (QED) is 0.624. The van der Waals surface area contributed by atoms with E-state index < -0.39 is 6.09 Å². The topological polar surface area (TPSA) is 95.8 Å². The van der Waals surface area contributed by atoms with Crippen molar-refractivity contribution >= 4 is 12.1 Å². The van der Waals surface area contributed by atoms with Gasteiger partial charge in [-0.3, -0.25) is 4.90 Å². The lowest BCUT2D eigenvalue weighted by molar-refractivity contribution is 0.152. The number of hydrogen-bond acceptors (Lipinski definition) is 5. The standard InChI is InChI=1S/C16H26N4O4/c1-2-23-16(22)18-8-7-17-15(21)19-12-13(14-6-5-11-24-14)20-9-3-4-10-20/h5-6,11,13H,2-4,7-10,12H2,1H3,(H,18,22)(H2,17,19,21). The zero-order valence-electron chi connectivity index (χ0n) is 14.0. The molecule has 0 bridgehead atoms. The average molecular weight is 338 g/mol. The minimum Gasteiger partial charge on any atom is -0.468 e. The summed E-state index contributed by atoms with van der Waals surface area (Å²) < 4.78 is 10.2. The molecule has 0 spiro atoms. The zero-order chi connectivity index (χ0) is 17.2. The van der Waals surface area contributed by atoms with Crippen LogP contribution in [0.2, 0.25) is 0 Å². The molecule has 1 aliphatic heterocycles. The van der Waals surface area contributed by atoms with Crippen LogP contribution in [0.1, 0.15) is 31.6 Å². The van der Waals surface area contributed by atoms with E-state index in [0.717, 1.165) is 18.8 Å². The maximum atomic E-state index is 11.9. The summed E-state index contributed by atoms with van der Waals surface area (Å²) in [6.45, 7) is 5.21. The molecular weight excluding hydrogens is 312 g/mol. The smallest absolute Gasteiger partial charge is 0.407 e. The summed E-state index contributed by atoms with van der Waals surface area (Å²) in [7, 11) is 0. The van der Waals surface area contributed by atoms with Crippen molar-refractivity contribution in [3.63, 3.8) is 0 Å². The van der Waals surface area contributed by atoms with Crippen LogP contribution in [0.5, 0.6) is 0 Å². The summed E-state index contributed by atoms with van der Waals surface area (Å²) in [5.41, 5.74) is 0. The van der Waals surface area contributed by atoms with Gasteiger partial charge in [-0.25, -0.2) is 9.59 Å². The largest absolute Gasteiger partial charge is 0.468 e. The molecule has 1 aliphatic rings. The minimum atomic E-state index is -0.480. The third-order valence-electron chi connectivity index (χ3n) is 3.86. The lowest BCUT2D eigenvalue weighted by Crippen LogP contribution is -2.43. The van der Waals surface area contributed by atoms with Gasteiger partial charge < -0.3 is 25.1 Å². The number of urea groups is 1. The van der Waals surface area contributed by atoms with Crippen LogP contribution < -0.4 is 16.0 Å². The van der Waals surface area contributed by atoms with Gasteiger partial charge in [0.25, 0.3) is 0 Å². The van der Waals surface area contributed by atoms with Crippen LogP contribution in [0.4, 0.5) is 9.59 Å². The third-order valence-corrected chi connectivity index (χ3v) is 3.86. The molecule has 2 heterocycles. The highest BCUT2D eigenvalue weighted by molar-refractivity contribution is 5.74. The number of nitrogens with zero attached hydrogens (tertiary/aromatic N) is 1. The Balaban J connectivity index is 1.69. The molecule has 0 aromatic carbocycles. The molecule has 0 aliphatic carbocycles. The molecule has 134 valence electrons. The van der Waals surface area contributed by atoms with E-state index in [0.29, 0.717) is 26.2 Å². The number of carbonyl (C=O) groups excluding carboxylic acids is 2. The van der Waals surface area contributed by atoms with Crippen LogP contribution in [0.15, 0.2) is 22.8 Å². The molecule has 8 heteroatoms. The SMILES string of the molecule is CCOC(=O)NCCNC(=O)NCC(c1ccco1)N1CCCC1. The van der Waals surface area contributed by atoms with E-state index in [4.69, 9.17) is 9.15 Å². The van der Waals surface area contributed by atoms with E-state index >= 15 is 0 Å². The summed E-state index contributed by atoms with van der Waals surface area (Å²) in [6.07, 6.45) is 3.51. The van der Waals surface area contributed by atoms with Crippen LogP contribution in [-0.4, -0.2) is 56.4 Å². The zero-order valence-corrected chi connectivity index (χ0v) is 14.0. The van der Waals surface area contributed by atoms with Gasteiger partial charge in [0.05, 0.1) is 18.9 Å². The molecule has 1 saturated heterocycles. The van der Waals surface area contributed by atoms with Crippen molar-refractivity contribution in [3.05, 3.63) is 24.2 Å². The Kier molecular flexibility index (Phi) is 7.41. The fraction of sp³-hybridized carbons (Fsp3) is 0.625. The van der Waals surface area contributed by atoms with Crippen molar-refractivity contribution in [1.29, 1.82) is 0 Å². The molecule has 0 saturated carbocycles. The van der Waals surface area contributed by atoms with Crippen molar-refractivity contribution in [1.82, 2.24) is 20.9 Å². The number of ether oxygens (including phenoxy) is 1. The number of hydrogen-bond donors (Lipinski definition) is 3. The predicted octanol–water partition coefficient (Wildman–Crippen LogP) is 1.46. The summed E-state index contributed by atoms with van der Waals surface area (Å²) in [5.74, 6) is 0.862. The summed E-state index contributed by atoms with van der Waals surface area (Å²) in [5, 5.41) is 8.11. The van der Waals surface area contributed by atoms with Gasteiger partial charge >= 0.3 is 12.1 Å². The molecule has 24 heavy (non-hydrogen) atoms. The predicted molar refractivity (Wildman–Crippen MR) is 88.7 cm³/mol. The molecule has 2 rings (SSSR count). The highest BCUT2D eigenvalue weighted by atomic mass is 16.5. The van der Waals surface area contributed by atoms with E-state index in [1.165, 1.54) is 12.8 Å². The fourth-order valence-electron chi connectivity index (χ4n) is 2.72. The molecule has 3 amide bonds. The van der Waals surface area contributed by atoms with E-state index in [2.05, 4.69) is 20.9 Å². The number of amides is 3. The van der Waals surface area contributed by atoms with E-state index in [1.807, 2.05) is 12.1 Å². The Morgan fingerprint density at radius 3 is 2.67 bits per heavy atom. The Hall–Kier alpha value is -2.22. The van der Waals surface area contributed by atoms with Crippen molar-refractivity contribution in [3.8, 4) is 0 Å². The van der Waals surface area contributed by atoms with E-state index in [9.17, 15) is 9.59 Å². The second-order valence-corrected chi connectivity index (χ2v) is 5.56. The number of rotatable bonds is 8. The number of alkyl carbamates (subject to hydrolysis) is 1. The Morgan fingerprint density at radius 1 is 1.25 bits per heavy atom. The number of likely N-dealkylation sites (tertiary alicyclic amines) is 1. The average Bonchev–Trinajstić information content (AvgIpc) is 3.26. The third kappa shape index (κ3) is 5.77. The van der Waals surface area contributed by atoms with Gasteiger partial charge in [0, 0.05) is 19.6 Å².